The van der Waals surface area contributed by atoms with Gasteiger partial charge in [-0.2, -0.15) is 0 Å². The summed E-state index contributed by atoms with van der Waals surface area (Å²) in [5.74, 6) is -1.47. The topological polar surface area (TPSA) is 86.7 Å². The van der Waals surface area contributed by atoms with Crippen LogP contribution in [0.2, 0.25) is 5.02 Å². The minimum Gasteiger partial charge on any atom is -0.481 e. The summed E-state index contributed by atoms with van der Waals surface area (Å²) in [6.07, 6.45) is 2.39. The third-order valence-electron chi connectivity index (χ3n) is 4.48. The van der Waals surface area contributed by atoms with Gasteiger partial charge in [0.2, 0.25) is 11.8 Å². The molecule has 7 heteroatoms. The standard InChI is InChI=1S/C18H23ClN2O4/c1-21-15(22)11-14(17(21)12-6-5-7-13(19)10-12)18(25)20-9-4-2-3-8-16(23)24/h5-7,10,14,17H,2-4,8-9,11H2,1H3,(H,20,25)(H,23,24). The Labute approximate surface area is 152 Å². The Bertz CT molecular complexity index is 650. The highest BCUT2D eigenvalue weighted by Crippen LogP contribution is 2.37. The van der Waals surface area contributed by atoms with Crippen molar-refractivity contribution < 1.29 is 19.5 Å². The lowest BCUT2D eigenvalue weighted by molar-refractivity contribution is -0.137. The molecule has 1 aromatic rings. The van der Waals surface area contributed by atoms with Gasteiger partial charge in [-0.1, -0.05) is 30.2 Å². The van der Waals surface area contributed by atoms with Crippen molar-refractivity contribution in [3.63, 3.8) is 0 Å². The van der Waals surface area contributed by atoms with Crippen LogP contribution in [0.4, 0.5) is 0 Å². The summed E-state index contributed by atoms with van der Waals surface area (Å²) in [6, 6.07) is 6.91. The van der Waals surface area contributed by atoms with Gasteiger partial charge < -0.3 is 15.3 Å². The van der Waals surface area contributed by atoms with Crippen LogP contribution in [0, 0.1) is 5.92 Å². The molecule has 0 spiro atoms. The number of nitrogens with zero attached hydrogens (tertiary/aromatic N) is 1. The minimum atomic E-state index is -0.805. The van der Waals surface area contributed by atoms with E-state index in [0.717, 1.165) is 18.4 Å². The van der Waals surface area contributed by atoms with Crippen molar-refractivity contribution in [3.8, 4) is 0 Å². The zero-order chi connectivity index (χ0) is 18.4. The molecule has 1 aliphatic heterocycles. The number of unbranched alkanes of at least 4 members (excludes halogenated alkanes) is 2. The molecule has 0 saturated carbocycles. The Morgan fingerprint density at radius 2 is 2.08 bits per heavy atom. The van der Waals surface area contributed by atoms with Crippen LogP contribution in [-0.2, 0) is 14.4 Å². The number of carbonyl (C=O) groups is 3. The Kier molecular flexibility index (Phi) is 6.82. The first kappa shape index (κ1) is 19.2. The highest BCUT2D eigenvalue weighted by molar-refractivity contribution is 6.30. The molecule has 25 heavy (non-hydrogen) atoms. The highest BCUT2D eigenvalue weighted by atomic mass is 35.5. The number of benzene rings is 1. The average molecular weight is 367 g/mol. The number of carboxylic acid groups (broad SMARTS) is 1. The van der Waals surface area contributed by atoms with Gasteiger partial charge in [0.15, 0.2) is 0 Å². The molecule has 0 radical (unpaired) electrons. The van der Waals surface area contributed by atoms with Gasteiger partial charge in [-0.25, -0.2) is 0 Å². The van der Waals surface area contributed by atoms with E-state index in [1.54, 1.807) is 24.1 Å². The van der Waals surface area contributed by atoms with E-state index in [4.69, 9.17) is 16.7 Å². The van der Waals surface area contributed by atoms with Crippen LogP contribution in [0.15, 0.2) is 24.3 Å². The summed E-state index contributed by atoms with van der Waals surface area (Å²) in [5.41, 5.74) is 0.849. The van der Waals surface area contributed by atoms with E-state index in [1.807, 2.05) is 12.1 Å². The number of hydrogen-bond donors (Lipinski definition) is 2. The first-order valence-electron chi connectivity index (χ1n) is 8.40. The third-order valence-corrected chi connectivity index (χ3v) is 4.72. The van der Waals surface area contributed by atoms with Crippen LogP contribution < -0.4 is 5.32 Å². The number of carboxylic acids is 1. The van der Waals surface area contributed by atoms with E-state index in [0.29, 0.717) is 18.0 Å². The summed E-state index contributed by atoms with van der Waals surface area (Å²) in [5, 5.41) is 12.0. The Morgan fingerprint density at radius 1 is 1.32 bits per heavy atom. The van der Waals surface area contributed by atoms with Gasteiger partial charge in [-0.15, -0.1) is 0 Å². The van der Waals surface area contributed by atoms with E-state index in [1.165, 1.54) is 0 Å². The number of hydrogen-bond acceptors (Lipinski definition) is 3. The fourth-order valence-electron chi connectivity index (χ4n) is 3.17. The Hall–Kier alpha value is -2.08. The summed E-state index contributed by atoms with van der Waals surface area (Å²) in [4.78, 5) is 36.7. The molecule has 1 heterocycles. The maximum atomic E-state index is 12.5. The van der Waals surface area contributed by atoms with Gasteiger partial charge in [0, 0.05) is 31.5 Å². The maximum absolute atomic E-state index is 12.5. The molecule has 1 aromatic carbocycles. The zero-order valence-electron chi connectivity index (χ0n) is 14.2. The van der Waals surface area contributed by atoms with Crippen LogP contribution in [0.25, 0.3) is 0 Å². The molecule has 1 saturated heterocycles. The van der Waals surface area contributed by atoms with Crippen molar-refractivity contribution in [2.75, 3.05) is 13.6 Å². The van der Waals surface area contributed by atoms with Gasteiger partial charge in [-0.3, -0.25) is 14.4 Å². The van der Waals surface area contributed by atoms with Crippen LogP contribution in [0.5, 0.6) is 0 Å². The summed E-state index contributed by atoms with van der Waals surface area (Å²) >= 11 is 6.04. The van der Waals surface area contributed by atoms with E-state index in [-0.39, 0.29) is 30.7 Å². The van der Waals surface area contributed by atoms with Crippen molar-refractivity contribution in [2.24, 2.45) is 5.92 Å². The minimum absolute atomic E-state index is 0.0633. The molecule has 0 aliphatic carbocycles. The zero-order valence-corrected chi connectivity index (χ0v) is 15.0. The Balaban J connectivity index is 1.93. The lowest BCUT2D eigenvalue weighted by atomic mass is 9.93. The molecule has 136 valence electrons. The van der Waals surface area contributed by atoms with Crippen molar-refractivity contribution >= 4 is 29.4 Å². The van der Waals surface area contributed by atoms with Gasteiger partial charge >= 0.3 is 5.97 Å². The second kappa shape index (κ2) is 8.85. The van der Waals surface area contributed by atoms with Crippen molar-refractivity contribution in [1.29, 1.82) is 0 Å². The Morgan fingerprint density at radius 3 is 2.76 bits per heavy atom. The number of likely N-dealkylation sites (tertiary alicyclic amines) is 1. The molecule has 2 rings (SSSR count). The molecule has 2 amide bonds. The second-order valence-corrected chi connectivity index (χ2v) is 6.75. The van der Waals surface area contributed by atoms with Gasteiger partial charge in [0.05, 0.1) is 12.0 Å². The highest BCUT2D eigenvalue weighted by Gasteiger charge is 2.42. The molecule has 0 aromatic heterocycles. The number of carbonyl (C=O) groups excluding carboxylic acids is 2. The molecule has 1 aliphatic rings. The summed E-state index contributed by atoms with van der Waals surface area (Å²) in [7, 11) is 1.70. The summed E-state index contributed by atoms with van der Waals surface area (Å²) < 4.78 is 0. The van der Waals surface area contributed by atoms with Gasteiger partial charge in [-0.05, 0) is 30.5 Å². The molecule has 0 bridgehead atoms. The smallest absolute Gasteiger partial charge is 0.303 e. The third kappa shape index (κ3) is 5.19. The first-order valence-corrected chi connectivity index (χ1v) is 8.78. The molecule has 2 atom stereocenters. The van der Waals surface area contributed by atoms with E-state index < -0.39 is 11.9 Å². The quantitative estimate of drug-likeness (QED) is 0.692. The summed E-state index contributed by atoms with van der Waals surface area (Å²) in [6.45, 7) is 0.481. The van der Waals surface area contributed by atoms with E-state index >= 15 is 0 Å². The molecule has 1 fully saturated rings. The lowest BCUT2D eigenvalue weighted by Crippen LogP contribution is -2.35. The number of amides is 2. The van der Waals surface area contributed by atoms with Crippen LogP contribution in [0.3, 0.4) is 0 Å². The largest absolute Gasteiger partial charge is 0.481 e. The molecular weight excluding hydrogens is 344 g/mol. The fourth-order valence-corrected chi connectivity index (χ4v) is 3.37. The fraction of sp³-hybridized carbons (Fsp3) is 0.500. The predicted molar refractivity (Wildman–Crippen MR) is 94.2 cm³/mol. The molecule has 6 nitrogen and oxygen atoms in total. The molecular formula is C18H23ClN2O4. The number of aliphatic carboxylic acids is 1. The van der Waals surface area contributed by atoms with Gasteiger partial charge in [0.25, 0.3) is 0 Å². The maximum Gasteiger partial charge on any atom is 0.303 e. The lowest BCUT2D eigenvalue weighted by Gasteiger charge is -2.25. The first-order chi connectivity index (χ1) is 11.9. The average Bonchev–Trinajstić information content (AvgIpc) is 2.86. The predicted octanol–water partition coefficient (Wildman–Crippen LogP) is 2.62. The van der Waals surface area contributed by atoms with E-state index in [2.05, 4.69) is 5.32 Å². The number of halogens is 1. The number of rotatable bonds is 8. The van der Waals surface area contributed by atoms with Crippen molar-refractivity contribution in [3.05, 3.63) is 34.9 Å². The molecule has 2 unspecified atom stereocenters. The van der Waals surface area contributed by atoms with E-state index in [9.17, 15) is 14.4 Å². The second-order valence-electron chi connectivity index (χ2n) is 6.31. The van der Waals surface area contributed by atoms with Crippen LogP contribution >= 0.6 is 11.6 Å². The SMILES string of the molecule is CN1C(=O)CC(C(=O)NCCCCCC(=O)O)C1c1cccc(Cl)c1. The van der Waals surface area contributed by atoms with Crippen molar-refractivity contribution in [2.45, 2.75) is 38.1 Å². The van der Waals surface area contributed by atoms with Gasteiger partial charge in [0.1, 0.15) is 0 Å². The van der Waals surface area contributed by atoms with Crippen LogP contribution in [-0.4, -0.2) is 41.4 Å². The number of nitrogens with one attached hydrogen (secondary N) is 1. The molecule has 2 N–H and O–H groups in total. The van der Waals surface area contributed by atoms with Crippen molar-refractivity contribution in [1.82, 2.24) is 10.2 Å². The van der Waals surface area contributed by atoms with Crippen LogP contribution in [0.1, 0.15) is 43.7 Å². The normalized spacial score (nSPS) is 19.9. The monoisotopic (exact) mass is 366 g/mol.